The van der Waals surface area contributed by atoms with Gasteiger partial charge in [-0.05, 0) is 31.1 Å². The van der Waals surface area contributed by atoms with Gasteiger partial charge < -0.3 is 9.16 Å². The monoisotopic (exact) mass is 318 g/mol. The van der Waals surface area contributed by atoms with Crippen LogP contribution >= 0.6 is 0 Å². The van der Waals surface area contributed by atoms with Crippen LogP contribution in [0.1, 0.15) is 39.2 Å². The lowest BCUT2D eigenvalue weighted by Gasteiger charge is -2.38. The number of carbonyl (C=O) groups is 1. The summed E-state index contributed by atoms with van der Waals surface area (Å²) < 4.78 is 11.8. The van der Waals surface area contributed by atoms with Crippen molar-refractivity contribution < 1.29 is 14.0 Å². The molecule has 22 heavy (non-hydrogen) atoms. The van der Waals surface area contributed by atoms with Crippen LogP contribution in [0.4, 0.5) is 0 Å². The van der Waals surface area contributed by atoms with Gasteiger partial charge in [0.25, 0.3) is 0 Å². The second kappa shape index (κ2) is 5.58. The number of allylic oxidation sites excluding steroid dienone is 2. The van der Waals surface area contributed by atoms with Crippen molar-refractivity contribution in [3.63, 3.8) is 0 Å². The minimum atomic E-state index is -1.95. The van der Waals surface area contributed by atoms with Crippen molar-refractivity contribution in [1.82, 2.24) is 0 Å². The second-order valence-corrected chi connectivity index (χ2v) is 12.1. The molecule has 1 aliphatic rings. The van der Waals surface area contributed by atoms with E-state index in [0.29, 0.717) is 0 Å². The van der Waals surface area contributed by atoms with Crippen LogP contribution in [0.5, 0.6) is 5.75 Å². The molecule has 2 rings (SSSR count). The van der Waals surface area contributed by atoms with Crippen LogP contribution in [0.15, 0.2) is 35.6 Å². The number of benzene rings is 1. The van der Waals surface area contributed by atoms with E-state index in [0.717, 1.165) is 22.6 Å². The molecular formula is C18H26O3Si. The Kier molecular flexibility index (Phi) is 4.26. The van der Waals surface area contributed by atoms with Gasteiger partial charge in [-0.3, -0.25) is 4.79 Å². The molecule has 0 spiro atoms. The molecule has 0 N–H and O–H groups in total. The molecular weight excluding hydrogens is 292 g/mol. The molecule has 0 fully saturated rings. The molecule has 0 aromatic heterocycles. The zero-order valence-corrected chi connectivity index (χ0v) is 15.6. The van der Waals surface area contributed by atoms with Crippen LogP contribution < -0.4 is 4.43 Å². The zero-order chi connectivity index (χ0) is 16.7. The smallest absolute Gasteiger partial charge is 0.250 e. The number of methoxy groups -OCH3 is 1. The van der Waals surface area contributed by atoms with Crippen LogP contribution in [0.25, 0.3) is 0 Å². The van der Waals surface area contributed by atoms with Crippen LogP contribution in [0.2, 0.25) is 18.1 Å². The van der Waals surface area contributed by atoms with Crippen LogP contribution in [0.3, 0.4) is 0 Å². The fourth-order valence-corrected chi connectivity index (χ4v) is 3.43. The number of ketones is 1. The first-order valence-electron chi connectivity index (χ1n) is 7.67. The highest BCUT2D eigenvalue weighted by atomic mass is 28.4. The number of carbonyl (C=O) groups excluding carboxylic acids is 1. The predicted octanol–water partition coefficient (Wildman–Crippen LogP) is 4.66. The minimum absolute atomic E-state index is 0.111. The van der Waals surface area contributed by atoms with E-state index in [2.05, 4.69) is 33.9 Å². The van der Waals surface area contributed by atoms with Gasteiger partial charge in [-0.15, -0.1) is 0 Å². The summed E-state index contributed by atoms with van der Waals surface area (Å²) >= 11 is 0. The van der Waals surface area contributed by atoms with Crippen molar-refractivity contribution in [3.05, 3.63) is 41.2 Å². The molecule has 120 valence electrons. The summed E-state index contributed by atoms with van der Waals surface area (Å²) in [6, 6.07) is 7.83. The largest absolute Gasteiger partial charge is 0.543 e. The number of ether oxygens (including phenoxy) is 1. The molecule has 1 aromatic carbocycles. The highest BCUT2D eigenvalue weighted by molar-refractivity contribution is 6.74. The predicted molar refractivity (Wildman–Crippen MR) is 91.7 cm³/mol. The summed E-state index contributed by atoms with van der Waals surface area (Å²) in [7, 11) is -0.330. The Labute approximate surface area is 134 Å². The first-order valence-corrected chi connectivity index (χ1v) is 10.6. The van der Waals surface area contributed by atoms with E-state index in [1.54, 1.807) is 7.11 Å². The minimum Gasteiger partial charge on any atom is -0.543 e. The Balaban J connectivity index is 2.40. The number of para-hydroxylation sites is 1. The van der Waals surface area contributed by atoms with E-state index in [-0.39, 0.29) is 16.7 Å². The van der Waals surface area contributed by atoms with Gasteiger partial charge in [-0.1, -0.05) is 39.0 Å². The third-order valence-corrected chi connectivity index (χ3v) is 9.23. The molecule has 0 amide bonds. The average molecular weight is 318 g/mol. The summed E-state index contributed by atoms with van der Waals surface area (Å²) in [5, 5.41) is 0.111. The summed E-state index contributed by atoms with van der Waals surface area (Å²) in [5.41, 5.74) is 1.63. The molecule has 0 saturated heterocycles. The Hall–Kier alpha value is -1.55. The van der Waals surface area contributed by atoms with Crippen LogP contribution in [0, 0.1) is 0 Å². The maximum atomic E-state index is 12.3. The molecule has 1 aliphatic carbocycles. The Morgan fingerprint density at radius 3 is 2.27 bits per heavy atom. The molecule has 0 heterocycles. The van der Waals surface area contributed by atoms with E-state index in [1.807, 2.05) is 31.2 Å². The van der Waals surface area contributed by atoms with Crippen molar-refractivity contribution in [1.29, 1.82) is 0 Å². The molecule has 1 atom stereocenters. The number of hydrogen-bond donors (Lipinski definition) is 0. The fourth-order valence-electron chi connectivity index (χ4n) is 2.39. The van der Waals surface area contributed by atoms with Gasteiger partial charge in [0.1, 0.15) is 17.4 Å². The molecule has 0 bridgehead atoms. The first-order chi connectivity index (χ1) is 10.1. The van der Waals surface area contributed by atoms with Gasteiger partial charge in [0, 0.05) is 11.1 Å². The Morgan fingerprint density at radius 2 is 1.73 bits per heavy atom. The average Bonchev–Trinajstić information content (AvgIpc) is 2.43. The van der Waals surface area contributed by atoms with E-state index < -0.39 is 8.32 Å². The maximum absolute atomic E-state index is 12.3. The summed E-state index contributed by atoms with van der Waals surface area (Å²) in [4.78, 5) is 12.3. The van der Waals surface area contributed by atoms with Crippen molar-refractivity contribution >= 4 is 14.1 Å². The topological polar surface area (TPSA) is 35.5 Å². The number of rotatable bonds is 4. The molecule has 3 nitrogen and oxygen atoms in total. The summed E-state index contributed by atoms with van der Waals surface area (Å²) in [6.07, 6.45) is 0. The van der Waals surface area contributed by atoms with Gasteiger partial charge in [-0.2, -0.15) is 0 Å². The van der Waals surface area contributed by atoms with Crippen molar-refractivity contribution in [2.45, 2.75) is 51.7 Å². The van der Waals surface area contributed by atoms with Gasteiger partial charge >= 0.3 is 0 Å². The summed E-state index contributed by atoms with van der Waals surface area (Å²) in [5.74, 6) is 1.39. The lowest BCUT2D eigenvalue weighted by molar-refractivity contribution is -0.119. The van der Waals surface area contributed by atoms with Gasteiger partial charge in [0.15, 0.2) is 5.78 Å². The second-order valence-electron chi connectivity index (χ2n) is 7.39. The molecule has 0 aliphatic heterocycles. The van der Waals surface area contributed by atoms with Crippen LogP contribution in [-0.2, 0) is 9.53 Å². The highest BCUT2D eigenvalue weighted by Gasteiger charge is 2.43. The Bertz CT molecular complexity index is 623. The standard InChI is InChI=1S/C18H26O3Si/c1-12-16(19)15(17(12)20-5)13-10-8-9-11-14(13)21-22(6,7)18(2,3)4/h8-11,15H,1-7H3. The normalized spacial score (nSPS) is 19.0. The van der Waals surface area contributed by atoms with E-state index >= 15 is 0 Å². The third-order valence-electron chi connectivity index (χ3n) is 4.88. The van der Waals surface area contributed by atoms with Crippen LogP contribution in [-0.4, -0.2) is 21.2 Å². The molecule has 1 unspecified atom stereocenters. The molecule has 0 saturated carbocycles. The molecule has 4 heteroatoms. The lowest BCUT2D eigenvalue weighted by Crippen LogP contribution is -2.44. The van der Waals surface area contributed by atoms with Crippen molar-refractivity contribution in [2.75, 3.05) is 7.11 Å². The maximum Gasteiger partial charge on any atom is 0.250 e. The van der Waals surface area contributed by atoms with Gasteiger partial charge in [0.2, 0.25) is 8.32 Å². The van der Waals surface area contributed by atoms with E-state index in [4.69, 9.17) is 9.16 Å². The number of hydrogen-bond acceptors (Lipinski definition) is 3. The summed E-state index contributed by atoms with van der Waals surface area (Å²) in [6.45, 7) is 12.9. The lowest BCUT2D eigenvalue weighted by atomic mass is 9.78. The third kappa shape index (κ3) is 2.72. The van der Waals surface area contributed by atoms with E-state index in [1.165, 1.54) is 0 Å². The SMILES string of the molecule is COC1=C(C)C(=O)C1c1ccccc1O[Si](C)(C)C(C)(C)C. The molecule has 1 aromatic rings. The number of Topliss-reactive ketones (excluding diaryl/α,β-unsaturated/α-hetero) is 1. The van der Waals surface area contributed by atoms with Crippen molar-refractivity contribution in [3.8, 4) is 5.75 Å². The quantitative estimate of drug-likeness (QED) is 0.758. The molecule has 0 radical (unpaired) electrons. The van der Waals surface area contributed by atoms with Gasteiger partial charge in [-0.25, -0.2) is 0 Å². The first kappa shape index (κ1) is 16.8. The van der Waals surface area contributed by atoms with Crippen molar-refractivity contribution in [2.24, 2.45) is 0 Å². The van der Waals surface area contributed by atoms with Gasteiger partial charge in [0.05, 0.1) is 7.11 Å². The highest BCUT2D eigenvalue weighted by Crippen LogP contribution is 2.45. The Morgan fingerprint density at radius 1 is 1.14 bits per heavy atom. The van der Waals surface area contributed by atoms with E-state index in [9.17, 15) is 4.79 Å². The fraction of sp³-hybridized carbons (Fsp3) is 0.500. The zero-order valence-electron chi connectivity index (χ0n) is 14.6.